The average Bonchev–Trinajstić information content (AvgIpc) is 2.67. The molecule has 4 heteroatoms. The summed E-state index contributed by atoms with van der Waals surface area (Å²) in [5.41, 5.74) is 9.22. The zero-order valence-electron chi connectivity index (χ0n) is 13.7. The lowest BCUT2D eigenvalue weighted by Gasteiger charge is -2.08. The third-order valence-electron chi connectivity index (χ3n) is 3.81. The summed E-state index contributed by atoms with van der Waals surface area (Å²) in [6.45, 7) is 0.580. The maximum Gasteiger partial charge on any atom is 0.255 e. The molecule has 0 unspecified atom stereocenters. The van der Waals surface area contributed by atoms with E-state index in [0.717, 1.165) is 22.4 Å². The predicted octanol–water partition coefficient (Wildman–Crippen LogP) is 3.41. The summed E-state index contributed by atoms with van der Waals surface area (Å²) in [5.74, 6) is 0. The molecule has 0 bridgehead atoms. The van der Waals surface area contributed by atoms with Gasteiger partial charge in [-0.3, -0.25) is 14.4 Å². The Labute approximate surface area is 146 Å². The summed E-state index contributed by atoms with van der Waals surface area (Å²) < 4.78 is 1.60. The molecule has 2 N–H and O–H groups in total. The summed E-state index contributed by atoms with van der Waals surface area (Å²) in [4.78, 5) is 16.6. The van der Waals surface area contributed by atoms with Crippen molar-refractivity contribution in [1.82, 2.24) is 4.57 Å². The summed E-state index contributed by atoms with van der Waals surface area (Å²) in [6, 6.07) is 22.8. The molecule has 3 rings (SSSR count). The van der Waals surface area contributed by atoms with Gasteiger partial charge in [0.05, 0.1) is 6.54 Å². The molecule has 0 amide bonds. The fraction of sp³-hybridized carbons (Fsp3) is 0.0476. The van der Waals surface area contributed by atoms with E-state index in [4.69, 9.17) is 5.73 Å². The minimum atomic E-state index is -0.0902. The normalized spacial score (nSPS) is 11.8. The Bertz CT molecular complexity index is 942. The molecule has 25 heavy (non-hydrogen) atoms. The second-order valence-corrected chi connectivity index (χ2v) is 5.54. The molecular weight excluding hydrogens is 310 g/mol. The van der Waals surface area contributed by atoms with E-state index in [2.05, 4.69) is 4.99 Å². The zero-order valence-corrected chi connectivity index (χ0v) is 13.7. The van der Waals surface area contributed by atoms with Crippen molar-refractivity contribution < 1.29 is 0 Å². The standard InChI is InChI=1S/C21H19N3O/c22-13-19(15-23-14-17-7-3-1-4-8-17)18-11-12-21(25)24(16-18)20-9-5-2-6-10-20/h1-13,15-16H,14,22H2. The Kier molecular flexibility index (Phi) is 5.22. The van der Waals surface area contributed by atoms with Crippen molar-refractivity contribution in [3.63, 3.8) is 0 Å². The Balaban J connectivity index is 1.86. The van der Waals surface area contributed by atoms with E-state index >= 15 is 0 Å². The second-order valence-electron chi connectivity index (χ2n) is 5.54. The van der Waals surface area contributed by atoms with Crippen LogP contribution >= 0.6 is 0 Å². The molecule has 0 radical (unpaired) electrons. The molecule has 4 nitrogen and oxygen atoms in total. The van der Waals surface area contributed by atoms with Crippen molar-refractivity contribution >= 4 is 11.8 Å². The van der Waals surface area contributed by atoms with Crippen molar-refractivity contribution in [2.24, 2.45) is 10.7 Å². The highest BCUT2D eigenvalue weighted by Gasteiger charge is 2.04. The van der Waals surface area contributed by atoms with Gasteiger partial charge < -0.3 is 5.73 Å². The molecule has 3 aromatic rings. The van der Waals surface area contributed by atoms with Crippen molar-refractivity contribution in [1.29, 1.82) is 0 Å². The molecule has 0 saturated carbocycles. The zero-order chi connectivity index (χ0) is 17.5. The van der Waals surface area contributed by atoms with Gasteiger partial charge in [0.2, 0.25) is 0 Å². The number of rotatable bonds is 5. The van der Waals surface area contributed by atoms with Gasteiger partial charge in [-0.25, -0.2) is 0 Å². The highest BCUT2D eigenvalue weighted by Crippen LogP contribution is 2.13. The van der Waals surface area contributed by atoms with Crippen molar-refractivity contribution in [3.05, 3.63) is 107 Å². The van der Waals surface area contributed by atoms with E-state index in [-0.39, 0.29) is 5.56 Å². The van der Waals surface area contributed by atoms with Gasteiger partial charge in [-0.05, 0) is 23.8 Å². The van der Waals surface area contributed by atoms with Crippen LogP contribution in [0.2, 0.25) is 0 Å². The highest BCUT2D eigenvalue weighted by atomic mass is 16.1. The lowest BCUT2D eigenvalue weighted by Crippen LogP contribution is -2.17. The van der Waals surface area contributed by atoms with E-state index in [1.807, 2.05) is 60.7 Å². The number of hydrogen-bond donors (Lipinski definition) is 1. The summed E-state index contributed by atoms with van der Waals surface area (Å²) in [7, 11) is 0. The first-order chi connectivity index (χ1) is 12.3. The smallest absolute Gasteiger partial charge is 0.255 e. The minimum absolute atomic E-state index is 0.0902. The fourth-order valence-corrected chi connectivity index (χ4v) is 2.49. The van der Waals surface area contributed by atoms with Gasteiger partial charge in [-0.15, -0.1) is 0 Å². The predicted molar refractivity (Wildman–Crippen MR) is 103 cm³/mol. The Morgan fingerprint density at radius 2 is 1.64 bits per heavy atom. The Morgan fingerprint density at radius 3 is 2.32 bits per heavy atom. The lowest BCUT2D eigenvalue weighted by molar-refractivity contribution is 0.986. The van der Waals surface area contributed by atoms with Crippen LogP contribution in [0, 0.1) is 0 Å². The quantitative estimate of drug-likeness (QED) is 0.729. The summed E-state index contributed by atoms with van der Waals surface area (Å²) in [6.07, 6.45) is 5.02. The van der Waals surface area contributed by atoms with Crippen LogP contribution in [0.15, 0.2) is 95.0 Å². The van der Waals surface area contributed by atoms with Gasteiger partial charge in [0, 0.05) is 41.5 Å². The molecule has 0 aliphatic heterocycles. The van der Waals surface area contributed by atoms with Gasteiger partial charge in [0.1, 0.15) is 0 Å². The number of hydrogen-bond acceptors (Lipinski definition) is 3. The van der Waals surface area contributed by atoms with Crippen molar-refractivity contribution in [2.45, 2.75) is 6.54 Å². The monoisotopic (exact) mass is 329 g/mol. The fourth-order valence-electron chi connectivity index (χ4n) is 2.49. The number of allylic oxidation sites excluding steroid dienone is 1. The molecule has 0 aliphatic carbocycles. The summed E-state index contributed by atoms with van der Waals surface area (Å²) >= 11 is 0. The molecule has 124 valence electrons. The Morgan fingerprint density at radius 1 is 0.960 bits per heavy atom. The van der Waals surface area contributed by atoms with Crippen molar-refractivity contribution in [2.75, 3.05) is 0 Å². The number of aliphatic imine (C=N–C) groups is 1. The second kappa shape index (κ2) is 7.93. The minimum Gasteiger partial charge on any atom is -0.404 e. The van der Waals surface area contributed by atoms with Crippen LogP contribution < -0.4 is 11.3 Å². The van der Waals surface area contributed by atoms with Crippen LogP contribution in [-0.2, 0) is 6.54 Å². The molecular formula is C21H19N3O. The number of aromatic nitrogens is 1. The number of nitrogens with zero attached hydrogens (tertiary/aromatic N) is 2. The highest BCUT2D eigenvalue weighted by molar-refractivity contribution is 6.09. The van der Waals surface area contributed by atoms with Gasteiger partial charge >= 0.3 is 0 Å². The molecule has 2 aromatic carbocycles. The number of pyridine rings is 1. The lowest BCUT2D eigenvalue weighted by atomic mass is 10.1. The molecule has 0 spiro atoms. The molecule has 0 saturated heterocycles. The maximum atomic E-state index is 12.2. The first kappa shape index (κ1) is 16.5. The molecule has 0 atom stereocenters. The van der Waals surface area contributed by atoms with Crippen LogP contribution in [0.4, 0.5) is 0 Å². The van der Waals surface area contributed by atoms with Gasteiger partial charge in [-0.1, -0.05) is 48.5 Å². The summed E-state index contributed by atoms with van der Waals surface area (Å²) in [5, 5.41) is 0. The average molecular weight is 329 g/mol. The van der Waals surface area contributed by atoms with Gasteiger partial charge in [-0.2, -0.15) is 0 Å². The van der Waals surface area contributed by atoms with E-state index in [1.54, 1.807) is 23.0 Å². The SMILES string of the molecule is NC=C(C=NCc1ccccc1)c1ccc(=O)n(-c2ccccc2)c1. The van der Waals surface area contributed by atoms with E-state index < -0.39 is 0 Å². The van der Waals surface area contributed by atoms with E-state index in [0.29, 0.717) is 6.54 Å². The van der Waals surface area contributed by atoms with Crippen LogP contribution in [0.25, 0.3) is 11.3 Å². The van der Waals surface area contributed by atoms with Gasteiger partial charge in [0.25, 0.3) is 5.56 Å². The third kappa shape index (κ3) is 4.12. The van der Waals surface area contributed by atoms with Gasteiger partial charge in [0.15, 0.2) is 0 Å². The Hall–Kier alpha value is -3.40. The van der Waals surface area contributed by atoms with Crippen molar-refractivity contribution in [3.8, 4) is 5.69 Å². The molecule has 1 aromatic heterocycles. The number of benzene rings is 2. The van der Waals surface area contributed by atoms with E-state index in [9.17, 15) is 4.79 Å². The van der Waals surface area contributed by atoms with Crippen LogP contribution in [0.3, 0.4) is 0 Å². The maximum absolute atomic E-state index is 12.2. The molecule has 0 aliphatic rings. The largest absolute Gasteiger partial charge is 0.404 e. The molecule has 0 fully saturated rings. The van der Waals surface area contributed by atoms with Crippen LogP contribution in [0.5, 0.6) is 0 Å². The first-order valence-corrected chi connectivity index (χ1v) is 8.02. The van der Waals surface area contributed by atoms with E-state index in [1.165, 1.54) is 12.3 Å². The first-order valence-electron chi connectivity index (χ1n) is 8.02. The molecule has 1 heterocycles. The van der Waals surface area contributed by atoms with Crippen LogP contribution in [-0.4, -0.2) is 10.8 Å². The number of para-hydroxylation sites is 1. The third-order valence-corrected chi connectivity index (χ3v) is 3.81. The topological polar surface area (TPSA) is 60.4 Å². The van der Waals surface area contributed by atoms with Crippen LogP contribution in [0.1, 0.15) is 11.1 Å². The number of nitrogens with two attached hydrogens (primary N) is 1.